The number of benzene rings is 1. The molecule has 1 aliphatic heterocycles. The molecule has 2 heterocycles. The fraction of sp³-hybridized carbons (Fsp3) is 0.364. The quantitative estimate of drug-likeness (QED) is 0.563. The van der Waals surface area contributed by atoms with Gasteiger partial charge in [0.2, 0.25) is 15.9 Å². The van der Waals surface area contributed by atoms with E-state index >= 15 is 0 Å². The van der Waals surface area contributed by atoms with E-state index in [0.29, 0.717) is 35.7 Å². The number of anilines is 1. The zero-order valence-electron chi connectivity index (χ0n) is 17.5. The number of fused-ring (bicyclic) bond motifs is 3. The summed E-state index contributed by atoms with van der Waals surface area (Å²) in [5.41, 5.74) is 8.50. The third-order valence-electron chi connectivity index (χ3n) is 6.52. The van der Waals surface area contributed by atoms with Crippen molar-refractivity contribution >= 4 is 33.7 Å². The number of nitrogens with two attached hydrogens (primary N) is 2. The minimum Gasteiger partial charge on any atom is -0.369 e. The number of hydrogen-bond acceptors (Lipinski definition) is 7. The standard InChI is InChI=1S/C22H24N6O3S/c1-11-2-3-12(8-16(11)32(24,30)31)9-17-26-15-6-7-25-20(15)22(27-17)28-19-14-5-4-13(10-14)18(19)21(23)29/h2-5,7-8,13-14,18-19H,6,9-10H2,1H3,(H2,23,29)(H2,24,30,31)(H,26,27,28)/t13-,14+,18+,19-/m1/s1. The van der Waals surface area contributed by atoms with Crippen molar-refractivity contribution in [1.29, 1.82) is 0 Å². The van der Waals surface area contributed by atoms with Crippen molar-refractivity contribution in [2.24, 2.45) is 33.6 Å². The Balaban J connectivity index is 1.47. The first kappa shape index (κ1) is 20.8. The summed E-state index contributed by atoms with van der Waals surface area (Å²) in [5.74, 6) is 0.872. The number of rotatable bonds is 6. The molecular weight excluding hydrogens is 428 g/mol. The lowest BCUT2D eigenvalue weighted by atomic mass is 9.88. The molecule has 2 aliphatic carbocycles. The summed E-state index contributed by atoms with van der Waals surface area (Å²) in [5, 5.41) is 8.79. The van der Waals surface area contributed by atoms with Crippen molar-refractivity contribution in [3.63, 3.8) is 0 Å². The maximum Gasteiger partial charge on any atom is 0.238 e. The van der Waals surface area contributed by atoms with Gasteiger partial charge in [-0.2, -0.15) is 0 Å². The normalized spacial score (nSPS) is 25.3. The Labute approximate surface area is 186 Å². The molecule has 5 rings (SSSR count). The Morgan fingerprint density at radius 3 is 2.75 bits per heavy atom. The van der Waals surface area contributed by atoms with Crippen LogP contribution in [0.1, 0.15) is 29.1 Å². The van der Waals surface area contributed by atoms with E-state index in [1.807, 2.05) is 6.07 Å². The molecule has 0 saturated heterocycles. The third kappa shape index (κ3) is 3.59. The van der Waals surface area contributed by atoms with Crippen LogP contribution in [0.2, 0.25) is 0 Å². The number of sulfonamides is 1. The Hall–Kier alpha value is -3.11. The zero-order valence-corrected chi connectivity index (χ0v) is 18.3. The lowest BCUT2D eigenvalue weighted by molar-refractivity contribution is -0.122. The average Bonchev–Trinajstić information content (AvgIpc) is 3.44. The number of allylic oxidation sites excluding steroid dienone is 1. The monoisotopic (exact) mass is 452 g/mol. The van der Waals surface area contributed by atoms with Crippen LogP contribution in [0.3, 0.4) is 0 Å². The van der Waals surface area contributed by atoms with E-state index in [2.05, 4.69) is 27.4 Å². The number of aliphatic imine (C=N–C) groups is 1. The number of primary sulfonamides is 1. The molecule has 5 N–H and O–H groups in total. The first-order chi connectivity index (χ1) is 15.2. The van der Waals surface area contributed by atoms with Gasteiger partial charge in [0.05, 0.1) is 16.5 Å². The van der Waals surface area contributed by atoms with Crippen LogP contribution >= 0.6 is 0 Å². The van der Waals surface area contributed by atoms with E-state index in [0.717, 1.165) is 17.7 Å². The summed E-state index contributed by atoms with van der Waals surface area (Å²) in [6.07, 6.45) is 7.81. The predicted octanol–water partition coefficient (Wildman–Crippen LogP) is 1.37. The minimum absolute atomic E-state index is 0.0934. The van der Waals surface area contributed by atoms with Crippen LogP contribution in [0.5, 0.6) is 0 Å². The molecule has 0 radical (unpaired) electrons. The zero-order chi connectivity index (χ0) is 22.6. The van der Waals surface area contributed by atoms with Gasteiger partial charge < -0.3 is 11.1 Å². The van der Waals surface area contributed by atoms with E-state index in [-0.39, 0.29) is 34.6 Å². The van der Waals surface area contributed by atoms with E-state index in [1.165, 1.54) is 0 Å². The lowest BCUT2D eigenvalue weighted by Gasteiger charge is -2.27. The summed E-state index contributed by atoms with van der Waals surface area (Å²) >= 11 is 0. The third-order valence-corrected chi connectivity index (χ3v) is 7.57. The molecular formula is C22H24N6O3S. The molecule has 10 heteroatoms. The molecule has 32 heavy (non-hydrogen) atoms. The maximum absolute atomic E-state index is 12.1. The van der Waals surface area contributed by atoms with Gasteiger partial charge in [-0.05, 0) is 42.4 Å². The fourth-order valence-corrected chi connectivity index (χ4v) is 5.87. The molecule has 2 bridgehead atoms. The molecule has 3 aliphatic rings. The van der Waals surface area contributed by atoms with Crippen molar-refractivity contribution < 1.29 is 13.2 Å². The molecule has 166 valence electrons. The number of carbonyl (C=O) groups is 1. The molecule has 1 fully saturated rings. The largest absolute Gasteiger partial charge is 0.369 e. The Bertz CT molecular complexity index is 1290. The van der Waals surface area contributed by atoms with Gasteiger partial charge in [-0.3, -0.25) is 9.79 Å². The van der Waals surface area contributed by atoms with Crippen molar-refractivity contribution in [2.75, 3.05) is 5.32 Å². The summed E-state index contributed by atoms with van der Waals surface area (Å²) in [6.45, 7) is 1.70. The molecule has 1 aromatic carbocycles. The summed E-state index contributed by atoms with van der Waals surface area (Å²) < 4.78 is 23.8. The van der Waals surface area contributed by atoms with Crippen LogP contribution in [0, 0.1) is 24.7 Å². The first-order valence-corrected chi connectivity index (χ1v) is 12.0. The fourth-order valence-electron chi connectivity index (χ4n) is 5.04. The average molecular weight is 453 g/mol. The minimum atomic E-state index is -3.82. The molecule has 1 aromatic heterocycles. The molecule has 1 saturated carbocycles. The Morgan fingerprint density at radius 2 is 2.00 bits per heavy atom. The van der Waals surface area contributed by atoms with E-state index in [9.17, 15) is 13.2 Å². The van der Waals surface area contributed by atoms with Gasteiger partial charge in [0.15, 0.2) is 5.82 Å². The molecule has 2 aromatic rings. The van der Waals surface area contributed by atoms with Crippen molar-refractivity contribution in [3.05, 3.63) is 53.0 Å². The van der Waals surface area contributed by atoms with Gasteiger partial charge in [0.25, 0.3) is 0 Å². The van der Waals surface area contributed by atoms with E-state index in [1.54, 1.807) is 25.3 Å². The molecule has 0 unspecified atom stereocenters. The number of carbonyl (C=O) groups excluding carboxylic acids is 1. The lowest BCUT2D eigenvalue weighted by Crippen LogP contribution is -2.41. The van der Waals surface area contributed by atoms with Crippen LogP contribution in [0.15, 0.2) is 40.2 Å². The van der Waals surface area contributed by atoms with Gasteiger partial charge in [-0.25, -0.2) is 23.5 Å². The number of primary amides is 1. The van der Waals surface area contributed by atoms with Gasteiger partial charge in [-0.15, -0.1) is 0 Å². The smallest absolute Gasteiger partial charge is 0.238 e. The molecule has 9 nitrogen and oxygen atoms in total. The maximum atomic E-state index is 12.1. The number of amides is 1. The van der Waals surface area contributed by atoms with Crippen LogP contribution in [-0.2, 0) is 27.7 Å². The van der Waals surface area contributed by atoms with Crippen LogP contribution in [0.4, 0.5) is 11.5 Å². The molecule has 1 amide bonds. The molecule has 0 spiro atoms. The number of aryl methyl sites for hydroxylation is 1. The highest BCUT2D eigenvalue weighted by molar-refractivity contribution is 7.89. The summed E-state index contributed by atoms with van der Waals surface area (Å²) in [4.78, 5) is 26.0. The number of hydrogen-bond donors (Lipinski definition) is 3. The predicted molar refractivity (Wildman–Crippen MR) is 120 cm³/mol. The van der Waals surface area contributed by atoms with Crippen LogP contribution in [0.25, 0.3) is 0 Å². The van der Waals surface area contributed by atoms with Crippen molar-refractivity contribution in [3.8, 4) is 0 Å². The topological polar surface area (TPSA) is 153 Å². The number of aromatic nitrogens is 2. The highest BCUT2D eigenvalue weighted by Crippen LogP contribution is 2.45. The van der Waals surface area contributed by atoms with E-state index in [4.69, 9.17) is 15.9 Å². The number of nitrogens with one attached hydrogen (secondary N) is 1. The Morgan fingerprint density at radius 1 is 1.22 bits per heavy atom. The van der Waals surface area contributed by atoms with Crippen molar-refractivity contribution in [1.82, 2.24) is 9.97 Å². The molecule has 4 atom stereocenters. The van der Waals surface area contributed by atoms with Crippen LogP contribution < -0.4 is 16.2 Å². The first-order valence-electron chi connectivity index (χ1n) is 10.5. The van der Waals surface area contributed by atoms with Crippen molar-refractivity contribution in [2.45, 2.75) is 37.1 Å². The second-order valence-corrected chi connectivity index (χ2v) is 10.2. The Kier molecular flexibility index (Phi) is 4.86. The van der Waals surface area contributed by atoms with Gasteiger partial charge >= 0.3 is 0 Å². The second kappa shape index (κ2) is 7.49. The van der Waals surface area contributed by atoms with E-state index < -0.39 is 10.0 Å². The summed E-state index contributed by atoms with van der Waals surface area (Å²) in [7, 11) is -3.82. The highest BCUT2D eigenvalue weighted by Gasteiger charge is 2.47. The number of nitrogens with zero attached hydrogens (tertiary/aromatic N) is 3. The van der Waals surface area contributed by atoms with Gasteiger partial charge in [-0.1, -0.05) is 24.3 Å². The summed E-state index contributed by atoms with van der Waals surface area (Å²) in [6, 6.07) is 4.99. The second-order valence-electron chi connectivity index (χ2n) is 8.67. The highest BCUT2D eigenvalue weighted by atomic mass is 32.2. The van der Waals surface area contributed by atoms with Crippen LogP contribution in [-0.4, -0.2) is 36.5 Å². The SMILES string of the molecule is Cc1ccc(Cc2nc3c(c(N[C@H]4[C@@H](C(N)=O)[C@@H]5C=C[C@H]4C5)n2)N=CC3)cc1S(N)(=O)=O. The van der Waals surface area contributed by atoms with Gasteiger partial charge in [0, 0.05) is 25.1 Å². The van der Waals surface area contributed by atoms with Gasteiger partial charge in [0.1, 0.15) is 11.5 Å².